The minimum absolute atomic E-state index is 0.297. The first-order valence-electron chi connectivity index (χ1n) is 6.18. The molecule has 0 aromatic heterocycles. The van der Waals surface area contributed by atoms with Crippen LogP contribution >= 0.6 is 12.6 Å². The largest absolute Gasteiger partial charge is 0.387 e. The maximum atomic E-state index is 10.0. The number of ether oxygens (including phenoxy) is 3. The first-order chi connectivity index (χ1) is 9.16. The highest BCUT2D eigenvalue weighted by molar-refractivity contribution is 7.80. The summed E-state index contributed by atoms with van der Waals surface area (Å²) in [5.74, 6) is 0. The van der Waals surface area contributed by atoms with Gasteiger partial charge in [0.1, 0.15) is 29.9 Å². The van der Waals surface area contributed by atoms with Crippen molar-refractivity contribution < 1.29 is 24.4 Å². The van der Waals surface area contributed by atoms with E-state index in [2.05, 4.69) is 12.6 Å². The van der Waals surface area contributed by atoms with Crippen LogP contribution in [0.15, 0.2) is 30.3 Å². The van der Waals surface area contributed by atoms with Gasteiger partial charge in [0.15, 0.2) is 6.29 Å². The van der Waals surface area contributed by atoms with E-state index in [0.29, 0.717) is 6.61 Å². The van der Waals surface area contributed by atoms with Crippen molar-refractivity contribution in [2.75, 3.05) is 6.61 Å². The van der Waals surface area contributed by atoms with Crippen molar-refractivity contribution >= 4 is 12.6 Å². The molecule has 2 aliphatic heterocycles. The van der Waals surface area contributed by atoms with Gasteiger partial charge in [0.2, 0.25) is 0 Å². The first-order valence-corrected chi connectivity index (χ1v) is 6.70. The lowest BCUT2D eigenvalue weighted by Crippen LogP contribution is -2.60. The molecule has 104 valence electrons. The van der Waals surface area contributed by atoms with E-state index in [0.717, 1.165) is 5.56 Å². The van der Waals surface area contributed by atoms with Gasteiger partial charge in [-0.25, -0.2) is 0 Å². The zero-order valence-electron chi connectivity index (χ0n) is 10.1. The van der Waals surface area contributed by atoms with Gasteiger partial charge < -0.3 is 24.4 Å². The molecule has 2 N–H and O–H groups in total. The fraction of sp³-hybridized carbons (Fsp3) is 0.538. The van der Waals surface area contributed by atoms with Crippen molar-refractivity contribution in [1.82, 2.24) is 0 Å². The van der Waals surface area contributed by atoms with Crippen molar-refractivity contribution in [3.8, 4) is 0 Å². The predicted molar refractivity (Wildman–Crippen MR) is 69.7 cm³/mol. The molecule has 4 unspecified atom stereocenters. The van der Waals surface area contributed by atoms with Crippen molar-refractivity contribution in [2.45, 2.75) is 36.1 Å². The van der Waals surface area contributed by atoms with E-state index >= 15 is 0 Å². The van der Waals surface area contributed by atoms with Crippen LogP contribution in [0, 0.1) is 0 Å². The van der Waals surface area contributed by atoms with Gasteiger partial charge in [0.05, 0.1) is 6.61 Å². The van der Waals surface area contributed by atoms with Gasteiger partial charge in [-0.1, -0.05) is 30.3 Å². The lowest BCUT2D eigenvalue weighted by molar-refractivity contribution is -0.318. The Bertz CT molecular complexity index is 426. The molecule has 2 aliphatic rings. The molecule has 0 bridgehead atoms. The quantitative estimate of drug-likeness (QED) is 0.654. The van der Waals surface area contributed by atoms with Crippen molar-refractivity contribution in [3.05, 3.63) is 35.9 Å². The zero-order chi connectivity index (χ0) is 13.4. The summed E-state index contributed by atoms with van der Waals surface area (Å²) in [4.78, 5) is 0. The van der Waals surface area contributed by atoms with Crippen LogP contribution in [0.3, 0.4) is 0 Å². The van der Waals surface area contributed by atoms with Crippen LogP contribution in [-0.2, 0) is 14.2 Å². The molecule has 0 saturated carbocycles. The molecule has 0 amide bonds. The normalized spacial score (nSPS) is 42.7. The second kappa shape index (κ2) is 5.40. The fourth-order valence-electron chi connectivity index (χ4n) is 2.37. The molecule has 2 saturated heterocycles. The second-order valence-electron chi connectivity index (χ2n) is 4.72. The number of rotatable bonds is 1. The van der Waals surface area contributed by atoms with Crippen LogP contribution < -0.4 is 0 Å². The standard InChI is InChI=1S/C13H16O5S/c14-9-10(15)13(19)17-8-6-16-12(18-11(8)9)7-4-2-1-3-5-7/h1-5,8-15,19H,6H2/t8?,9?,10?,11-,12?,13-/m0/s1. The fourth-order valence-corrected chi connectivity index (χ4v) is 2.70. The van der Waals surface area contributed by atoms with E-state index in [1.54, 1.807) is 0 Å². The Hall–Kier alpha value is -0.630. The van der Waals surface area contributed by atoms with Crippen LogP contribution in [0.2, 0.25) is 0 Å². The van der Waals surface area contributed by atoms with Crippen molar-refractivity contribution in [3.63, 3.8) is 0 Å². The van der Waals surface area contributed by atoms with Crippen LogP contribution in [0.25, 0.3) is 0 Å². The van der Waals surface area contributed by atoms with E-state index < -0.39 is 36.1 Å². The number of hydrogen-bond acceptors (Lipinski definition) is 6. The Morgan fingerprint density at radius 3 is 2.53 bits per heavy atom. The molecule has 2 fully saturated rings. The number of fused-ring (bicyclic) bond motifs is 1. The van der Waals surface area contributed by atoms with Gasteiger partial charge in [-0.3, -0.25) is 0 Å². The molecular formula is C13H16O5S. The van der Waals surface area contributed by atoms with E-state index in [4.69, 9.17) is 14.2 Å². The van der Waals surface area contributed by atoms with Gasteiger partial charge in [-0.2, -0.15) is 0 Å². The molecule has 3 rings (SSSR count). The first kappa shape index (κ1) is 13.4. The van der Waals surface area contributed by atoms with Crippen LogP contribution in [0.1, 0.15) is 11.9 Å². The Morgan fingerprint density at radius 1 is 1.05 bits per heavy atom. The summed E-state index contributed by atoms with van der Waals surface area (Å²) < 4.78 is 16.8. The van der Waals surface area contributed by atoms with Gasteiger partial charge in [0, 0.05) is 5.56 Å². The number of aliphatic hydroxyl groups is 2. The molecule has 5 nitrogen and oxygen atoms in total. The third kappa shape index (κ3) is 2.52. The minimum Gasteiger partial charge on any atom is -0.387 e. The molecule has 1 aromatic rings. The van der Waals surface area contributed by atoms with Gasteiger partial charge >= 0.3 is 0 Å². The third-order valence-corrected chi connectivity index (χ3v) is 3.85. The lowest BCUT2D eigenvalue weighted by Gasteiger charge is -2.45. The monoisotopic (exact) mass is 284 g/mol. The number of thiol groups is 1. The molecule has 2 heterocycles. The average Bonchev–Trinajstić information content (AvgIpc) is 2.46. The number of hydrogen-bond donors (Lipinski definition) is 3. The highest BCUT2D eigenvalue weighted by Crippen LogP contribution is 2.34. The molecule has 1 aromatic carbocycles. The molecule has 19 heavy (non-hydrogen) atoms. The van der Waals surface area contributed by atoms with E-state index in [1.165, 1.54) is 0 Å². The Labute approximate surface area is 116 Å². The maximum Gasteiger partial charge on any atom is 0.184 e. The summed E-state index contributed by atoms with van der Waals surface area (Å²) in [5.41, 5.74) is 0.146. The molecule has 6 atom stereocenters. The molecule has 6 heteroatoms. The number of benzene rings is 1. The predicted octanol–water partition coefficient (Wildman–Crippen LogP) is 0.477. The lowest BCUT2D eigenvalue weighted by atomic mass is 9.99. The molecular weight excluding hydrogens is 268 g/mol. The van der Waals surface area contributed by atoms with Crippen LogP contribution in [-0.4, -0.2) is 46.7 Å². The number of aliphatic hydroxyl groups excluding tert-OH is 2. The smallest absolute Gasteiger partial charge is 0.184 e. The topological polar surface area (TPSA) is 68.2 Å². The second-order valence-corrected chi connectivity index (χ2v) is 5.23. The molecule has 0 aliphatic carbocycles. The highest BCUT2D eigenvalue weighted by Gasteiger charge is 2.47. The molecule has 0 spiro atoms. The third-order valence-electron chi connectivity index (χ3n) is 3.42. The van der Waals surface area contributed by atoms with Gasteiger partial charge in [-0.15, -0.1) is 12.6 Å². The summed E-state index contributed by atoms with van der Waals surface area (Å²) >= 11 is 4.08. The summed E-state index contributed by atoms with van der Waals surface area (Å²) in [6, 6.07) is 9.46. The van der Waals surface area contributed by atoms with Gasteiger partial charge in [-0.05, 0) is 0 Å². The summed E-state index contributed by atoms with van der Waals surface area (Å²) in [7, 11) is 0. The highest BCUT2D eigenvalue weighted by atomic mass is 32.1. The van der Waals surface area contributed by atoms with E-state index in [-0.39, 0.29) is 0 Å². The average molecular weight is 284 g/mol. The zero-order valence-corrected chi connectivity index (χ0v) is 11.0. The summed E-state index contributed by atoms with van der Waals surface area (Å²) in [6.45, 7) is 0.297. The van der Waals surface area contributed by atoms with Crippen LogP contribution in [0.4, 0.5) is 0 Å². The van der Waals surface area contributed by atoms with Gasteiger partial charge in [0.25, 0.3) is 0 Å². The maximum absolute atomic E-state index is 10.0. The van der Waals surface area contributed by atoms with E-state index in [9.17, 15) is 10.2 Å². The van der Waals surface area contributed by atoms with Crippen molar-refractivity contribution in [2.24, 2.45) is 0 Å². The summed E-state index contributed by atoms with van der Waals surface area (Å²) in [6.07, 6.45) is -3.68. The Balaban J connectivity index is 1.75. The minimum atomic E-state index is -1.07. The van der Waals surface area contributed by atoms with Crippen LogP contribution in [0.5, 0.6) is 0 Å². The Kier molecular flexibility index (Phi) is 3.79. The SMILES string of the molecule is OC1C(O)[C@H](S)OC2COC(c3ccccc3)O[C@@H]21. The Morgan fingerprint density at radius 2 is 1.79 bits per heavy atom. The molecule has 0 radical (unpaired) electrons. The summed E-state index contributed by atoms with van der Waals surface area (Å²) in [5, 5.41) is 19.8. The van der Waals surface area contributed by atoms with E-state index in [1.807, 2.05) is 30.3 Å². The van der Waals surface area contributed by atoms with Crippen molar-refractivity contribution in [1.29, 1.82) is 0 Å².